The molecule has 2 aromatic heterocycles. The lowest BCUT2D eigenvalue weighted by atomic mass is 10.0. The van der Waals surface area contributed by atoms with Gasteiger partial charge in [0.2, 0.25) is 0 Å². The van der Waals surface area contributed by atoms with Crippen LogP contribution in [0.4, 0.5) is 0 Å². The number of carbonyl (C=O) groups is 1. The SMILES string of the molecule is O=C(c1ccccc1)c1cc2ccc(Cl)cc2n2c1nc1ccccc12. The zero-order valence-electron chi connectivity index (χ0n) is 13.7. The van der Waals surface area contributed by atoms with Crippen LogP contribution in [0, 0.1) is 0 Å². The highest BCUT2D eigenvalue weighted by Crippen LogP contribution is 2.29. The molecule has 0 saturated heterocycles. The Kier molecular flexibility index (Phi) is 3.30. The van der Waals surface area contributed by atoms with Gasteiger partial charge in [-0.1, -0.05) is 60.1 Å². The number of fused-ring (bicyclic) bond motifs is 5. The number of benzene rings is 3. The van der Waals surface area contributed by atoms with Crippen molar-refractivity contribution in [2.24, 2.45) is 0 Å². The Morgan fingerprint density at radius 3 is 2.46 bits per heavy atom. The molecular formula is C22H13ClN2O. The molecule has 0 aliphatic carbocycles. The molecule has 0 aliphatic rings. The first-order valence-corrected chi connectivity index (χ1v) is 8.69. The number of imidazole rings is 1. The molecule has 3 aromatic carbocycles. The predicted molar refractivity (Wildman–Crippen MR) is 105 cm³/mol. The van der Waals surface area contributed by atoms with Crippen molar-refractivity contribution in [2.75, 3.05) is 0 Å². The lowest BCUT2D eigenvalue weighted by Crippen LogP contribution is -2.05. The fourth-order valence-electron chi connectivity index (χ4n) is 3.42. The molecule has 0 radical (unpaired) electrons. The van der Waals surface area contributed by atoms with Gasteiger partial charge in [-0.3, -0.25) is 9.20 Å². The molecule has 5 aromatic rings. The van der Waals surface area contributed by atoms with Crippen LogP contribution in [0.25, 0.3) is 27.6 Å². The summed E-state index contributed by atoms with van der Waals surface area (Å²) in [7, 11) is 0. The second-order valence-corrected chi connectivity index (χ2v) is 6.65. The highest BCUT2D eigenvalue weighted by Gasteiger charge is 2.18. The average molecular weight is 357 g/mol. The van der Waals surface area contributed by atoms with Crippen LogP contribution in [-0.2, 0) is 0 Å². The number of ketones is 1. The van der Waals surface area contributed by atoms with E-state index in [4.69, 9.17) is 16.6 Å². The Morgan fingerprint density at radius 2 is 1.62 bits per heavy atom. The van der Waals surface area contributed by atoms with E-state index in [2.05, 4.69) is 0 Å². The molecule has 0 aliphatic heterocycles. The molecule has 0 spiro atoms. The monoisotopic (exact) mass is 356 g/mol. The first kappa shape index (κ1) is 15.1. The number of aromatic nitrogens is 2. The molecule has 2 heterocycles. The summed E-state index contributed by atoms with van der Waals surface area (Å²) in [6, 6.07) is 24.8. The van der Waals surface area contributed by atoms with E-state index >= 15 is 0 Å². The second-order valence-electron chi connectivity index (χ2n) is 6.22. The smallest absolute Gasteiger partial charge is 0.196 e. The molecule has 3 nitrogen and oxygen atoms in total. The molecular weight excluding hydrogens is 344 g/mol. The van der Waals surface area contributed by atoms with Crippen molar-refractivity contribution in [3.8, 4) is 0 Å². The molecule has 0 N–H and O–H groups in total. The molecule has 0 amide bonds. The summed E-state index contributed by atoms with van der Waals surface area (Å²) in [5.41, 5.74) is 4.62. The number of halogens is 1. The van der Waals surface area contributed by atoms with Crippen molar-refractivity contribution >= 4 is 45.0 Å². The summed E-state index contributed by atoms with van der Waals surface area (Å²) >= 11 is 6.23. The van der Waals surface area contributed by atoms with Crippen LogP contribution in [0.3, 0.4) is 0 Å². The van der Waals surface area contributed by atoms with Gasteiger partial charge in [0.25, 0.3) is 0 Å². The molecule has 0 bridgehead atoms. The van der Waals surface area contributed by atoms with Gasteiger partial charge in [0.1, 0.15) is 5.65 Å². The number of carbonyl (C=O) groups excluding carboxylic acids is 1. The highest BCUT2D eigenvalue weighted by atomic mass is 35.5. The van der Waals surface area contributed by atoms with E-state index in [9.17, 15) is 4.79 Å². The minimum absolute atomic E-state index is 0.0391. The van der Waals surface area contributed by atoms with E-state index in [1.165, 1.54) is 0 Å². The number of nitrogens with zero attached hydrogens (tertiary/aromatic N) is 2. The van der Waals surface area contributed by atoms with Gasteiger partial charge in [-0.15, -0.1) is 0 Å². The van der Waals surface area contributed by atoms with Gasteiger partial charge in [-0.25, -0.2) is 4.98 Å². The van der Waals surface area contributed by atoms with Gasteiger partial charge in [0.15, 0.2) is 5.78 Å². The summed E-state index contributed by atoms with van der Waals surface area (Å²) in [6.45, 7) is 0. The lowest BCUT2D eigenvalue weighted by molar-refractivity contribution is 0.104. The van der Waals surface area contributed by atoms with Crippen LogP contribution in [-0.4, -0.2) is 15.2 Å². The van der Waals surface area contributed by atoms with Crippen LogP contribution in [0.15, 0.2) is 78.9 Å². The molecule has 4 heteroatoms. The van der Waals surface area contributed by atoms with Crippen molar-refractivity contribution in [2.45, 2.75) is 0 Å². The average Bonchev–Trinajstić information content (AvgIpc) is 3.07. The van der Waals surface area contributed by atoms with Crippen LogP contribution in [0.5, 0.6) is 0 Å². The summed E-state index contributed by atoms with van der Waals surface area (Å²) in [6.07, 6.45) is 0. The summed E-state index contributed by atoms with van der Waals surface area (Å²) in [4.78, 5) is 17.9. The zero-order chi connectivity index (χ0) is 17.7. The Labute approximate surface area is 154 Å². The third-order valence-electron chi connectivity index (χ3n) is 4.62. The normalized spacial score (nSPS) is 11.4. The van der Waals surface area contributed by atoms with E-state index in [1.807, 2.05) is 83.3 Å². The third kappa shape index (κ3) is 2.21. The predicted octanol–water partition coefficient (Wildman–Crippen LogP) is 5.53. The topological polar surface area (TPSA) is 34.4 Å². The van der Waals surface area contributed by atoms with Crippen molar-refractivity contribution in [1.82, 2.24) is 9.38 Å². The number of pyridine rings is 1. The molecule has 26 heavy (non-hydrogen) atoms. The summed E-state index contributed by atoms with van der Waals surface area (Å²) < 4.78 is 2.02. The van der Waals surface area contributed by atoms with Crippen LogP contribution >= 0.6 is 11.6 Å². The van der Waals surface area contributed by atoms with Crippen LogP contribution in [0.2, 0.25) is 5.02 Å². The van der Waals surface area contributed by atoms with E-state index in [0.29, 0.717) is 21.8 Å². The molecule has 124 valence electrons. The first-order valence-electron chi connectivity index (χ1n) is 8.31. The number of para-hydroxylation sites is 2. The number of hydrogen-bond donors (Lipinski definition) is 0. The number of rotatable bonds is 2. The van der Waals surface area contributed by atoms with Crippen molar-refractivity contribution in [3.63, 3.8) is 0 Å². The van der Waals surface area contributed by atoms with Gasteiger partial charge in [0, 0.05) is 10.6 Å². The van der Waals surface area contributed by atoms with E-state index in [0.717, 1.165) is 21.9 Å². The number of hydrogen-bond acceptors (Lipinski definition) is 2. The molecule has 0 saturated carbocycles. The maximum absolute atomic E-state index is 13.2. The van der Waals surface area contributed by atoms with Gasteiger partial charge in [0.05, 0.1) is 22.1 Å². The maximum atomic E-state index is 13.2. The Balaban J connectivity index is 1.94. The van der Waals surface area contributed by atoms with E-state index in [-0.39, 0.29) is 5.78 Å². The fourth-order valence-corrected chi connectivity index (χ4v) is 3.58. The van der Waals surface area contributed by atoms with Gasteiger partial charge >= 0.3 is 0 Å². The van der Waals surface area contributed by atoms with Gasteiger partial charge in [-0.2, -0.15) is 0 Å². The second kappa shape index (κ2) is 5.68. The van der Waals surface area contributed by atoms with Crippen molar-refractivity contribution < 1.29 is 4.79 Å². The quantitative estimate of drug-likeness (QED) is 0.390. The molecule has 5 rings (SSSR count). The lowest BCUT2D eigenvalue weighted by Gasteiger charge is -2.09. The van der Waals surface area contributed by atoms with E-state index < -0.39 is 0 Å². The Hall–Kier alpha value is -3.17. The summed E-state index contributed by atoms with van der Waals surface area (Å²) in [5.74, 6) is -0.0391. The van der Waals surface area contributed by atoms with Gasteiger partial charge in [-0.05, 0) is 35.7 Å². The minimum Gasteiger partial charge on any atom is -0.292 e. The first-order chi connectivity index (χ1) is 12.7. The minimum atomic E-state index is -0.0391. The molecule has 0 unspecified atom stereocenters. The maximum Gasteiger partial charge on any atom is 0.196 e. The van der Waals surface area contributed by atoms with Crippen molar-refractivity contribution in [3.05, 3.63) is 95.0 Å². The largest absolute Gasteiger partial charge is 0.292 e. The van der Waals surface area contributed by atoms with Gasteiger partial charge < -0.3 is 0 Å². The van der Waals surface area contributed by atoms with Crippen LogP contribution in [0.1, 0.15) is 15.9 Å². The highest BCUT2D eigenvalue weighted by molar-refractivity contribution is 6.31. The Morgan fingerprint density at radius 1 is 0.846 bits per heavy atom. The Bertz CT molecular complexity index is 1310. The molecule has 0 atom stereocenters. The van der Waals surface area contributed by atoms with Crippen LogP contribution < -0.4 is 0 Å². The summed E-state index contributed by atoms with van der Waals surface area (Å²) in [5, 5.41) is 1.60. The fraction of sp³-hybridized carbons (Fsp3) is 0. The zero-order valence-corrected chi connectivity index (χ0v) is 14.4. The van der Waals surface area contributed by atoms with E-state index in [1.54, 1.807) is 0 Å². The molecule has 0 fully saturated rings. The standard InChI is InChI=1S/C22H13ClN2O/c23-16-11-10-15-12-17(21(26)14-6-2-1-3-7-14)22-24-18-8-4-5-9-19(18)25(22)20(15)13-16/h1-13H. The third-order valence-corrected chi connectivity index (χ3v) is 4.85. The van der Waals surface area contributed by atoms with Crippen molar-refractivity contribution in [1.29, 1.82) is 0 Å².